The van der Waals surface area contributed by atoms with Gasteiger partial charge in [0, 0.05) is 12.0 Å². The highest BCUT2D eigenvalue weighted by atomic mass is 127. The Morgan fingerprint density at radius 1 is 0.938 bits per heavy atom. The number of rotatable bonds is 10. The van der Waals surface area contributed by atoms with Gasteiger partial charge in [-0.1, -0.05) is 57.4 Å². The van der Waals surface area contributed by atoms with Gasteiger partial charge in [-0.3, -0.25) is 0 Å². The SMILES string of the molecule is CCCCCc1cccc2oc(C=CC=C3Nc4ccccc4O3)[n+](CCCCC)c12.[I-]. The van der Waals surface area contributed by atoms with Crippen LogP contribution in [0.2, 0.25) is 0 Å². The first-order valence-corrected chi connectivity index (χ1v) is 11.7. The molecule has 3 aromatic rings. The molecule has 0 unspecified atom stereocenters. The molecule has 0 aliphatic carbocycles. The molecule has 0 saturated carbocycles. The van der Waals surface area contributed by atoms with Gasteiger partial charge in [0.05, 0.1) is 11.8 Å². The molecule has 170 valence electrons. The molecule has 0 bridgehead atoms. The van der Waals surface area contributed by atoms with E-state index in [2.05, 4.69) is 41.9 Å². The van der Waals surface area contributed by atoms with Gasteiger partial charge in [-0.2, -0.15) is 4.57 Å². The van der Waals surface area contributed by atoms with E-state index in [0.29, 0.717) is 0 Å². The number of unbranched alkanes of at least 4 members (excludes halogenated alkanes) is 4. The molecule has 0 saturated heterocycles. The van der Waals surface area contributed by atoms with Crippen LogP contribution in [-0.4, -0.2) is 0 Å². The number of halogens is 1. The van der Waals surface area contributed by atoms with Crippen LogP contribution >= 0.6 is 0 Å². The van der Waals surface area contributed by atoms with E-state index in [-0.39, 0.29) is 24.0 Å². The van der Waals surface area contributed by atoms with Crippen LogP contribution in [0.1, 0.15) is 63.8 Å². The van der Waals surface area contributed by atoms with Crippen molar-refractivity contribution in [3.8, 4) is 5.75 Å². The summed E-state index contributed by atoms with van der Waals surface area (Å²) < 4.78 is 14.5. The summed E-state index contributed by atoms with van der Waals surface area (Å²) in [7, 11) is 0. The van der Waals surface area contributed by atoms with Crippen LogP contribution in [0.3, 0.4) is 0 Å². The topological polar surface area (TPSA) is 38.3 Å². The lowest BCUT2D eigenvalue weighted by Crippen LogP contribution is -3.00. The van der Waals surface area contributed by atoms with E-state index >= 15 is 0 Å². The molecule has 0 amide bonds. The normalized spacial score (nSPS) is 13.9. The number of benzene rings is 2. The third kappa shape index (κ3) is 5.74. The van der Waals surface area contributed by atoms with E-state index in [1.54, 1.807) is 0 Å². The average molecular weight is 544 g/mol. The Labute approximate surface area is 208 Å². The molecule has 0 spiro atoms. The number of ether oxygens (including phenoxy) is 1. The molecular weight excluding hydrogens is 511 g/mol. The summed E-state index contributed by atoms with van der Waals surface area (Å²) in [5.74, 6) is 2.48. The second-order valence-corrected chi connectivity index (χ2v) is 8.13. The zero-order valence-electron chi connectivity index (χ0n) is 19.1. The molecule has 1 aliphatic heterocycles. The summed E-state index contributed by atoms with van der Waals surface area (Å²) in [6.45, 7) is 5.47. The standard InChI is InChI=1S/C27H32N2O2.HI/c1-3-5-7-13-21-14-11-17-24-27(21)29(20-10-6-4-2)26(31-24)19-12-18-25-28-22-15-8-9-16-23(22)30-25;/h8-9,11-12,14-19H,3-7,10,13,20H2,1-2H3;1H. The van der Waals surface area contributed by atoms with Crippen LogP contribution in [0.5, 0.6) is 5.75 Å². The van der Waals surface area contributed by atoms with Crippen LogP contribution in [0.4, 0.5) is 5.69 Å². The number of oxazole rings is 1. The molecule has 1 aliphatic rings. The predicted molar refractivity (Wildman–Crippen MR) is 127 cm³/mol. The maximum absolute atomic E-state index is 6.29. The Balaban J connectivity index is 0.00000289. The number of para-hydroxylation sites is 3. The summed E-state index contributed by atoms with van der Waals surface area (Å²) >= 11 is 0. The Kier molecular flexibility index (Phi) is 9.21. The molecule has 4 nitrogen and oxygen atoms in total. The number of nitrogens with zero attached hydrogens (tertiary/aromatic N) is 1. The molecule has 0 radical (unpaired) electrons. The number of fused-ring (bicyclic) bond motifs is 2. The summed E-state index contributed by atoms with van der Waals surface area (Å²) in [6, 6.07) is 14.4. The molecule has 0 fully saturated rings. The van der Waals surface area contributed by atoms with Gasteiger partial charge in [0.1, 0.15) is 0 Å². The van der Waals surface area contributed by atoms with Crippen LogP contribution < -0.4 is 38.6 Å². The molecule has 2 aromatic carbocycles. The molecule has 1 aromatic heterocycles. The maximum Gasteiger partial charge on any atom is 0.374 e. The maximum atomic E-state index is 6.29. The van der Waals surface area contributed by atoms with Gasteiger partial charge in [-0.05, 0) is 49.6 Å². The quantitative estimate of drug-likeness (QED) is 0.238. The third-order valence-corrected chi connectivity index (χ3v) is 5.72. The van der Waals surface area contributed by atoms with E-state index in [9.17, 15) is 0 Å². The third-order valence-electron chi connectivity index (χ3n) is 5.72. The van der Waals surface area contributed by atoms with Gasteiger partial charge < -0.3 is 38.4 Å². The Bertz CT molecular complexity index is 1060. The number of allylic oxidation sites excluding steroid dienone is 2. The lowest BCUT2D eigenvalue weighted by Gasteiger charge is -2.01. The van der Waals surface area contributed by atoms with Gasteiger partial charge in [0.15, 0.2) is 18.2 Å². The number of hydrogen-bond acceptors (Lipinski definition) is 3. The van der Waals surface area contributed by atoms with E-state index in [1.807, 2.05) is 42.5 Å². The minimum absolute atomic E-state index is 0. The van der Waals surface area contributed by atoms with Gasteiger partial charge in [0.25, 0.3) is 5.52 Å². The van der Waals surface area contributed by atoms with Gasteiger partial charge >= 0.3 is 5.89 Å². The van der Waals surface area contributed by atoms with Crippen LogP contribution in [0.25, 0.3) is 17.2 Å². The number of hydrogen-bond donors (Lipinski definition) is 1. The summed E-state index contributed by atoms with van der Waals surface area (Å²) in [5.41, 5.74) is 4.61. The van der Waals surface area contributed by atoms with Crippen molar-refractivity contribution in [2.75, 3.05) is 5.32 Å². The van der Waals surface area contributed by atoms with Gasteiger partial charge in [-0.15, -0.1) is 0 Å². The van der Waals surface area contributed by atoms with Crippen molar-refractivity contribution in [2.45, 2.75) is 65.3 Å². The first-order chi connectivity index (χ1) is 15.3. The first-order valence-electron chi connectivity index (χ1n) is 11.7. The second kappa shape index (κ2) is 12.1. The monoisotopic (exact) mass is 544 g/mol. The predicted octanol–water partition coefficient (Wildman–Crippen LogP) is 4.01. The lowest BCUT2D eigenvalue weighted by atomic mass is 10.1. The zero-order valence-corrected chi connectivity index (χ0v) is 21.2. The molecular formula is C27H33IN2O2. The summed E-state index contributed by atoms with van der Waals surface area (Å²) in [6.07, 6.45) is 14.4. The highest BCUT2D eigenvalue weighted by Gasteiger charge is 2.23. The number of nitrogens with one attached hydrogen (secondary N) is 1. The number of aryl methyl sites for hydroxylation is 2. The van der Waals surface area contributed by atoms with E-state index < -0.39 is 0 Å². The van der Waals surface area contributed by atoms with Crippen molar-refractivity contribution in [1.82, 2.24) is 0 Å². The van der Waals surface area contributed by atoms with Crippen molar-refractivity contribution >= 4 is 22.9 Å². The van der Waals surface area contributed by atoms with Gasteiger partial charge in [0.2, 0.25) is 5.58 Å². The lowest BCUT2D eigenvalue weighted by molar-refractivity contribution is -0.678. The number of aromatic nitrogens is 1. The molecule has 1 N–H and O–H groups in total. The van der Waals surface area contributed by atoms with Crippen LogP contribution in [0.15, 0.2) is 64.9 Å². The largest absolute Gasteiger partial charge is 1.00 e. The smallest absolute Gasteiger partial charge is 0.374 e. The molecule has 0 atom stereocenters. The Morgan fingerprint density at radius 2 is 1.75 bits per heavy atom. The zero-order chi connectivity index (χ0) is 21.5. The van der Waals surface area contributed by atoms with E-state index in [4.69, 9.17) is 9.15 Å². The Hall–Kier alpha value is -2.28. The van der Waals surface area contributed by atoms with Gasteiger partial charge in [-0.25, -0.2) is 0 Å². The van der Waals surface area contributed by atoms with Crippen LogP contribution in [-0.2, 0) is 13.0 Å². The van der Waals surface area contributed by atoms with Crippen molar-refractivity contribution < 1.29 is 37.7 Å². The molecule has 2 heterocycles. The van der Waals surface area contributed by atoms with Crippen molar-refractivity contribution in [3.63, 3.8) is 0 Å². The Morgan fingerprint density at radius 3 is 2.56 bits per heavy atom. The fraction of sp³-hybridized carbons (Fsp3) is 0.370. The molecule has 5 heteroatoms. The first kappa shape index (κ1) is 24.4. The highest BCUT2D eigenvalue weighted by molar-refractivity contribution is 5.74. The number of anilines is 1. The second-order valence-electron chi connectivity index (χ2n) is 8.13. The molecule has 4 rings (SSSR count). The fourth-order valence-electron chi connectivity index (χ4n) is 4.10. The van der Waals surface area contributed by atoms with Crippen molar-refractivity contribution in [1.29, 1.82) is 0 Å². The van der Waals surface area contributed by atoms with Crippen molar-refractivity contribution in [2.24, 2.45) is 0 Å². The average Bonchev–Trinajstić information content (AvgIpc) is 3.35. The summed E-state index contributed by atoms with van der Waals surface area (Å²) in [4.78, 5) is 0. The van der Waals surface area contributed by atoms with Crippen LogP contribution in [0, 0.1) is 0 Å². The fourth-order valence-corrected chi connectivity index (χ4v) is 4.10. The van der Waals surface area contributed by atoms with E-state index in [1.165, 1.54) is 43.2 Å². The minimum atomic E-state index is 0. The van der Waals surface area contributed by atoms with Crippen molar-refractivity contribution in [3.05, 3.63) is 72.0 Å². The molecule has 32 heavy (non-hydrogen) atoms. The van der Waals surface area contributed by atoms with E-state index in [0.717, 1.165) is 48.2 Å². The summed E-state index contributed by atoms with van der Waals surface area (Å²) in [5, 5.41) is 3.29. The minimum Gasteiger partial charge on any atom is -1.00 e. The highest BCUT2D eigenvalue weighted by Crippen LogP contribution is 2.32.